The topological polar surface area (TPSA) is 23.8 Å². The highest BCUT2D eigenvalue weighted by atomic mass is 19.4. The molecule has 2 aromatic carbocycles. The third-order valence-electron chi connectivity index (χ3n) is 3.27. The van der Waals surface area contributed by atoms with Crippen LogP contribution < -0.4 is 0 Å². The molecular formula is C18H14F3N. The average molecular weight is 301 g/mol. The van der Waals surface area contributed by atoms with Crippen LogP contribution in [0.1, 0.15) is 23.1 Å². The molecule has 0 aliphatic carbocycles. The third-order valence-corrected chi connectivity index (χ3v) is 3.27. The summed E-state index contributed by atoms with van der Waals surface area (Å²) in [7, 11) is 0. The lowest BCUT2D eigenvalue weighted by Gasteiger charge is -2.17. The molecule has 2 rings (SSSR count). The van der Waals surface area contributed by atoms with E-state index in [0.717, 1.165) is 5.56 Å². The Labute approximate surface area is 127 Å². The highest BCUT2D eigenvalue weighted by Crippen LogP contribution is 2.38. The van der Waals surface area contributed by atoms with Crippen molar-refractivity contribution in [3.05, 3.63) is 76.9 Å². The highest BCUT2D eigenvalue weighted by molar-refractivity contribution is 5.83. The van der Waals surface area contributed by atoms with Gasteiger partial charge < -0.3 is 0 Å². The Morgan fingerprint density at radius 3 is 2.18 bits per heavy atom. The first-order valence-electron chi connectivity index (χ1n) is 6.73. The Kier molecular flexibility index (Phi) is 4.67. The molecule has 2 aromatic rings. The molecule has 0 radical (unpaired) electrons. The molecule has 22 heavy (non-hydrogen) atoms. The van der Waals surface area contributed by atoms with Crippen LogP contribution in [0, 0.1) is 18.3 Å². The third kappa shape index (κ3) is 3.56. The molecule has 0 fully saturated rings. The van der Waals surface area contributed by atoms with Crippen LogP contribution in [0.2, 0.25) is 0 Å². The standard InChI is InChI=1S/C18H14F3N/c1-13-6-5-9-15(12-13)17(14-7-3-2-4-8-14)16(10-11-22)18(19,20)21/h2-9,12H,10H2,1H3/b17-16-. The molecule has 0 bridgehead atoms. The molecule has 4 heteroatoms. The van der Waals surface area contributed by atoms with Crippen LogP contribution in [0.5, 0.6) is 0 Å². The van der Waals surface area contributed by atoms with E-state index in [9.17, 15) is 13.2 Å². The first-order chi connectivity index (χ1) is 10.4. The summed E-state index contributed by atoms with van der Waals surface area (Å²) < 4.78 is 40.3. The summed E-state index contributed by atoms with van der Waals surface area (Å²) in [5.41, 5.74) is 1.04. The molecule has 0 atom stereocenters. The van der Waals surface area contributed by atoms with Crippen molar-refractivity contribution in [2.75, 3.05) is 0 Å². The van der Waals surface area contributed by atoms with Crippen LogP contribution in [0.3, 0.4) is 0 Å². The van der Waals surface area contributed by atoms with E-state index in [2.05, 4.69) is 0 Å². The number of aryl methyl sites for hydroxylation is 1. The summed E-state index contributed by atoms with van der Waals surface area (Å²) in [6, 6.07) is 16.9. The second-order valence-electron chi connectivity index (χ2n) is 4.92. The van der Waals surface area contributed by atoms with Gasteiger partial charge in [0.2, 0.25) is 0 Å². The number of halogens is 3. The van der Waals surface area contributed by atoms with Gasteiger partial charge in [-0.25, -0.2) is 0 Å². The lowest BCUT2D eigenvalue weighted by molar-refractivity contribution is -0.0921. The summed E-state index contributed by atoms with van der Waals surface area (Å²) in [6.45, 7) is 1.82. The van der Waals surface area contributed by atoms with Gasteiger partial charge in [0.05, 0.1) is 18.1 Å². The van der Waals surface area contributed by atoms with Crippen molar-refractivity contribution < 1.29 is 13.2 Å². The number of hydrogen-bond acceptors (Lipinski definition) is 1. The zero-order chi connectivity index (χ0) is 16.2. The van der Waals surface area contributed by atoms with Crippen molar-refractivity contribution in [1.82, 2.24) is 0 Å². The molecule has 0 amide bonds. The van der Waals surface area contributed by atoms with Crippen LogP contribution >= 0.6 is 0 Å². The summed E-state index contributed by atoms with van der Waals surface area (Å²) >= 11 is 0. The number of alkyl halides is 3. The lowest BCUT2D eigenvalue weighted by Crippen LogP contribution is -2.14. The SMILES string of the molecule is Cc1cccc(/C(=C(/CC#N)C(F)(F)F)c2ccccc2)c1. The molecule has 0 aliphatic heterocycles. The van der Waals surface area contributed by atoms with E-state index >= 15 is 0 Å². The molecule has 0 aliphatic rings. The molecule has 0 N–H and O–H groups in total. The minimum Gasteiger partial charge on any atom is -0.198 e. The van der Waals surface area contributed by atoms with Gasteiger partial charge in [-0.05, 0) is 23.6 Å². The van der Waals surface area contributed by atoms with E-state index in [1.807, 2.05) is 13.0 Å². The van der Waals surface area contributed by atoms with Gasteiger partial charge in [0.1, 0.15) is 0 Å². The second-order valence-corrected chi connectivity index (χ2v) is 4.92. The van der Waals surface area contributed by atoms with Gasteiger partial charge in [0, 0.05) is 0 Å². The first-order valence-corrected chi connectivity index (χ1v) is 6.73. The Hall–Kier alpha value is -2.54. The zero-order valence-electron chi connectivity index (χ0n) is 12.0. The molecule has 0 aromatic heterocycles. The summed E-state index contributed by atoms with van der Waals surface area (Å²) in [5, 5.41) is 8.81. The minimum absolute atomic E-state index is 0.0679. The van der Waals surface area contributed by atoms with Gasteiger partial charge in [-0.3, -0.25) is 0 Å². The van der Waals surface area contributed by atoms with E-state index in [1.54, 1.807) is 54.6 Å². The van der Waals surface area contributed by atoms with Gasteiger partial charge in [0.25, 0.3) is 0 Å². The van der Waals surface area contributed by atoms with Crippen LogP contribution in [-0.2, 0) is 0 Å². The molecular weight excluding hydrogens is 287 g/mol. The van der Waals surface area contributed by atoms with Gasteiger partial charge in [-0.1, -0.05) is 60.2 Å². The van der Waals surface area contributed by atoms with Gasteiger partial charge >= 0.3 is 6.18 Å². The maximum atomic E-state index is 13.4. The normalized spacial score (nSPS) is 12.5. The highest BCUT2D eigenvalue weighted by Gasteiger charge is 2.36. The van der Waals surface area contributed by atoms with Crippen molar-refractivity contribution >= 4 is 5.57 Å². The van der Waals surface area contributed by atoms with Crippen LogP contribution in [0.15, 0.2) is 60.2 Å². The second kappa shape index (κ2) is 6.48. The van der Waals surface area contributed by atoms with E-state index in [0.29, 0.717) is 11.1 Å². The van der Waals surface area contributed by atoms with Crippen LogP contribution in [-0.4, -0.2) is 6.18 Å². The first kappa shape index (κ1) is 15.8. The Morgan fingerprint density at radius 1 is 1.00 bits per heavy atom. The minimum atomic E-state index is -4.55. The van der Waals surface area contributed by atoms with E-state index in [-0.39, 0.29) is 5.57 Å². The number of rotatable bonds is 3. The molecule has 112 valence electrons. The van der Waals surface area contributed by atoms with Crippen LogP contribution in [0.25, 0.3) is 5.57 Å². The van der Waals surface area contributed by atoms with Crippen molar-refractivity contribution in [3.63, 3.8) is 0 Å². The Morgan fingerprint density at radius 2 is 1.64 bits per heavy atom. The van der Waals surface area contributed by atoms with Crippen molar-refractivity contribution in [2.45, 2.75) is 19.5 Å². The average Bonchev–Trinajstić information content (AvgIpc) is 2.47. The van der Waals surface area contributed by atoms with Gasteiger partial charge in [-0.15, -0.1) is 0 Å². The maximum absolute atomic E-state index is 13.4. The van der Waals surface area contributed by atoms with Crippen molar-refractivity contribution in [3.8, 4) is 6.07 Å². The van der Waals surface area contributed by atoms with Crippen molar-refractivity contribution in [1.29, 1.82) is 5.26 Å². The number of allylic oxidation sites excluding steroid dienone is 1. The Balaban J connectivity index is 2.78. The van der Waals surface area contributed by atoms with E-state index < -0.39 is 18.2 Å². The molecule has 0 saturated carbocycles. The zero-order valence-corrected chi connectivity index (χ0v) is 12.0. The fourth-order valence-corrected chi connectivity index (χ4v) is 2.33. The predicted octanol–water partition coefficient (Wildman–Crippen LogP) is 5.27. The van der Waals surface area contributed by atoms with Crippen LogP contribution in [0.4, 0.5) is 13.2 Å². The molecule has 0 spiro atoms. The summed E-state index contributed by atoms with van der Waals surface area (Å²) in [6.07, 6.45) is -5.23. The largest absolute Gasteiger partial charge is 0.414 e. The van der Waals surface area contributed by atoms with Gasteiger partial charge in [-0.2, -0.15) is 18.4 Å². The number of hydrogen-bond donors (Lipinski definition) is 0. The fourth-order valence-electron chi connectivity index (χ4n) is 2.33. The molecule has 0 saturated heterocycles. The number of nitrogens with zero attached hydrogens (tertiary/aromatic N) is 1. The Bertz CT molecular complexity index is 722. The smallest absolute Gasteiger partial charge is 0.198 e. The van der Waals surface area contributed by atoms with Gasteiger partial charge in [0.15, 0.2) is 0 Å². The molecule has 0 heterocycles. The monoisotopic (exact) mass is 301 g/mol. The van der Waals surface area contributed by atoms with Crippen molar-refractivity contribution in [2.24, 2.45) is 0 Å². The number of nitriles is 1. The quantitative estimate of drug-likeness (QED) is 0.757. The van der Waals surface area contributed by atoms with E-state index in [4.69, 9.17) is 5.26 Å². The van der Waals surface area contributed by atoms with E-state index in [1.165, 1.54) is 0 Å². The summed E-state index contributed by atoms with van der Waals surface area (Å²) in [4.78, 5) is 0. The number of benzene rings is 2. The predicted molar refractivity (Wildman–Crippen MR) is 79.9 cm³/mol. The lowest BCUT2D eigenvalue weighted by atomic mass is 9.90. The summed E-state index contributed by atoms with van der Waals surface area (Å²) in [5.74, 6) is 0. The molecule has 1 nitrogen and oxygen atoms in total. The fraction of sp³-hybridized carbons (Fsp3) is 0.167. The maximum Gasteiger partial charge on any atom is 0.414 e. The molecule has 0 unspecified atom stereocenters.